The number of rotatable bonds is 6. The molecule has 0 aliphatic carbocycles. The van der Waals surface area contributed by atoms with E-state index in [-0.39, 0.29) is 17.5 Å². The van der Waals surface area contributed by atoms with Gasteiger partial charge in [-0.25, -0.2) is 4.98 Å². The minimum Gasteiger partial charge on any atom is -0.497 e. The molecule has 10 heteroatoms. The quantitative estimate of drug-likeness (QED) is 0.219. The van der Waals surface area contributed by atoms with Crippen LogP contribution in [0, 0.1) is 6.92 Å². The third-order valence-electron chi connectivity index (χ3n) is 7.77. The fourth-order valence-electron chi connectivity index (χ4n) is 5.41. The number of methoxy groups -OCH3 is 1. The van der Waals surface area contributed by atoms with E-state index in [1.54, 1.807) is 28.7 Å². The Balaban J connectivity index is 1.34. The van der Waals surface area contributed by atoms with Crippen molar-refractivity contribution in [3.63, 3.8) is 0 Å². The number of benzene rings is 2. The fraction of sp³-hybridized carbons (Fsp3) is 0.250. The largest absolute Gasteiger partial charge is 0.497 e. The number of thiocarbonyl (C=S) groups is 1. The summed E-state index contributed by atoms with van der Waals surface area (Å²) in [4.78, 5) is 39.1. The van der Waals surface area contributed by atoms with Crippen molar-refractivity contribution in [1.29, 1.82) is 0 Å². The SMILES string of the molecule is COc1ccc(N2CCN(c3nc4ccc(C)cn4c(=O)c3/C=C3\SC(=S)N([C@@H](C)c4ccccc4)C3=O)CC2)cc1. The molecule has 8 nitrogen and oxygen atoms in total. The van der Waals surface area contributed by atoms with Crippen molar-refractivity contribution in [3.05, 3.63) is 105 Å². The van der Waals surface area contributed by atoms with Crippen molar-refractivity contribution in [1.82, 2.24) is 14.3 Å². The van der Waals surface area contributed by atoms with Crippen LogP contribution >= 0.6 is 24.0 Å². The minimum atomic E-state index is -0.228. The van der Waals surface area contributed by atoms with Gasteiger partial charge < -0.3 is 14.5 Å². The molecule has 1 atom stereocenters. The van der Waals surface area contributed by atoms with Crippen LogP contribution in [0.25, 0.3) is 11.7 Å². The number of hydrogen-bond donors (Lipinski definition) is 0. The molecular formula is C32H31N5O3S2. The molecule has 0 bridgehead atoms. The number of piperazine rings is 1. The lowest BCUT2D eigenvalue weighted by Gasteiger charge is -2.37. The Bertz CT molecular complexity index is 1750. The highest BCUT2D eigenvalue weighted by atomic mass is 32.2. The van der Waals surface area contributed by atoms with Crippen molar-refractivity contribution in [2.75, 3.05) is 43.1 Å². The van der Waals surface area contributed by atoms with Crippen LogP contribution < -0.4 is 20.1 Å². The predicted octanol–water partition coefficient (Wildman–Crippen LogP) is 5.30. The standard InChI is InChI=1S/C32H31N5O3S2/c1-21-9-14-28-33-29(35-17-15-34(16-18-35)24-10-12-25(40-3)13-11-24)26(30(38)36(28)20-21)19-27-31(39)37(32(41)42-27)22(2)23-7-5-4-6-8-23/h4-14,19-20,22H,15-18H2,1-3H3/b27-19-/t22-/m0/s1. The summed E-state index contributed by atoms with van der Waals surface area (Å²) < 4.78 is 7.34. The summed E-state index contributed by atoms with van der Waals surface area (Å²) in [5.41, 5.74) is 3.81. The Morgan fingerprint density at radius 1 is 0.952 bits per heavy atom. The van der Waals surface area contributed by atoms with E-state index >= 15 is 0 Å². The van der Waals surface area contributed by atoms with Crippen molar-refractivity contribution >= 4 is 57.4 Å². The van der Waals surface area contributed by atoms with Crippen LogP contribution in [0.15, 0.2) is 82.6 Å². The van der Waals surface area contributed by atoms with E-state index in [1.165, 1.54) is 11.8 Å². The molecule has 0 N–H and O–H groups in total. The zero-order valence-corrected chi connectivity index (χ0v) is 25.3. The number of amides is 1. The van der Waals surface area contributed by atoms with Crippen LogP contribution in [0.1, 0.15) is 29.7 Å². The molecule has 2 aromatic heterocycles. The summed E-state index contributed by atoms with van der Waals surface area (Å²) in [6.07, 6.45) is 3.47. The second-order valence-electron chi connectivity index (χ2n) is 10.4. The lowest BCUT2D eigenvalue weighted by atomic mass is 10.1. The van der Waals surface area contributed by atoms with E-state index in [4.69, 9.17) is 21.9 Å². The maximum Gasteiger partial charge on any atom is 0.267 e. The van der Waals surface area contributed by atoms with Gasteiger partial charge in [-0.15, -0.1) is 0 Å². The number of carbonyl (C=O) groups is 1. The maximum atomic E-state index is 14.0. The van der Waals surface area contributed by atoms with Crippen LogP contribution in [0.2, 0.25) is 0 Å². The van der Waals surface area contributed by atoms with Crippen LogP contribution in [0.3, 0.4) is 0 Å². The van der Waals surface area contributed by atoms with Gasteiger partial charge in [-0.1, -0.05) is 60.4 Å². The molecule has 2 aliphatic heterocycles. The molecule has 214 valence electrons. The molecule has 2 fully saturated rings. The number of nitrogens with zero attached hydrogens (tertiary/aromatic N) is 5. The third-order valence-corrected chi connectivity index (χ3v) is 9.10. The average Bonchev–Trinajstić information content (AvgIpc) is 3.30. The molecule has 0 radical (unpaired) electrons. The van der Waals surface area contributed by atoms with Gasteiger partial charge in [0.1, 0.15) is 21.5 Å². The van der Waals surface area contributed by atoms with Gasteiger partial charge in [0.05, 0.1) is 23.6 Å². The van der Waals surface area contributed by atoms with Gasteiger partial charge in [0, 0.05) is 38.1 Å². The van der Waals surface area contributed by atoms with E-state index in [0.717, 1.165) is 35.7 Å². The summed E-state index contributed by atoms with van der Waals surface area (Å²) in [5, 5.41) is 0. The second kappa shape index (κ2) is 11.6. The van der Waals surface area contributed by atoms with Gasteiger partial charge in [0.2, 0.25) is 0 Å². The zero-order chi connectivity index (χ0) is 29.4. The molecule has 4 heterocycles. The number of carbonyl (C=O) groups excluding carboxylic acids is 1. The highest BCUT2D eigenvalue weighted by Gasteiger charge is 2.36. The molecule has 1 amide bonds. The summed E-state index contributed by atoms with van der Waals surface area (Å²) in [6, 6.07) is 21.4. The Labute approximate surface area is 254 Å². The Kier molecular flexibility index (Phi) is 7.74. The van der Waals surface area contributed by atoms with Gasteiger partial charge in [-0.05, 0) is 61.4 Å². The Morgan fingerprint density at radius 2 is 1.64 bits per heavy atom. The molecule has 0 saturated carbocycles. The first-order chi connectivity index (χ1) is 20.3. The number of anilines is 2. The second-order valence-corrected chi connectivity index (χ2v) is 12.1. The predicted molar refractivity (Wildman–Crippen MR) is 173 cm³/mol. The summed E-state index contributed by atoms with van der Waals surface area (Å²) in [5.74, 6) is 1.20. The highest BCUT2D eigenvalue weighted by molar-refractivity contribution is 8.26. The molecule has 2 saturated heterocycles. The van der Waals surface area contributed by atoms with E-state index < -0.39 is 0 Å². The van der Waals surface area contributed by atoms with Crippen LogP contribution in [-0.2, 0) is 4.79 Å². The molecule has 0 spiro atoms. The first kappa shape index (κ1) is 28.0. The summed E-state index contributed by atoms with van der Waals surface area (Å²) >= 11 is 6.88. The molecular weight excluding hydrogens is 567 g/mol. The molecule has 6 rings (SSSR count). The monoisotopic (exact) mass is 597 g/mol. The number of hydrogen-bond acceptors (Lipinski definition) is 8. The number of thioether (sulfide) groups is 1. The smallest absolute Gasteiger partial charge is 0.267 e. The highest BCUT2D eigenvalue weighted by Crippen LogP contribution is 2.38. The van der Waals surface area contributed by atoms with Crippen LogP contribution in [-0.4, -0.2) is 57.8 Å². The molecule has 2 aliphatic rings. The van der Waals surface area contributed by atoms with Gasteiger partial charge >= 0.3 is 0 Å². The van der Waals surface area contributed by atoms with Crippen molar-refractivity contribution < 1.29 is 9.53 Å². The van der Waals surface area contributed by atoms with Crippen molar-refractivity contribution in [2.24, 2.45) is 0 Å². The summed E-state index contributed by atoms with van der Waals surface area (Å²) in [7, 11) is 1.66. The van der Waals surface area contributed by atoms with Crippen molar-refractivity contribution in [3.8, 4) is 5.75 Å². The minimum absolute atomic E-state index is 0.203. The number of pyridine rings is 1. The van der Waals surface area contributed by atoms with Gasteiger partial charge in [-0.3, -0.25) is 18.9 Å². The lowest BCUT2D eigenvalue weighted by Crippen LogP contribution is -2.47. The number of fused-ring (bicyclic) bond motifs is 1. The van der Waals surface area contributed by atoms with Crippen molar-refractivity contribution in [2.45, 2.75) is 19.9 Å². The maximum absolute atomic E-state index is 14.0. The average molecular weight is 598 g/mol. The molecule has 42 heavy (non-hydrogen) atoms. The van der Waals surface area contributed by atoms with E-state index in [9.17, 15) is 9.59 Å². The van der Waals surface area contributed by atoms with Crippen LogP contribution in [0.5, 0.6) is 5.75 Å². The van der Waals surface area contributed by atoms with Gasteiger partial charge in [0.15, 0.2) is 0 Å². The molecule has 0 unspecified atom stereocenters. The first-order valence-corrected chi connectivity index (χ1v) is 15.1. The normalized spacial score (nSPS) is 17.4. The number of aromatic nitrogens is 2. The van der Waals surface area contributed by atoms with Crippen LogP contribution in [0.4, 0.5) is 11.5 Å². The topological polar surface area (TPSA) is 70.4 Å². The zero-order valence-electron chi connectivity index (χ0n) is 23.7. The number of ether oxygens (including phenoxy) is 1. The number of aryl methyl sites for hydroxylation is 1. The first-order valence-electron chi connectivity index (χ1n) is 13.8. The van der Waals surface area contributed by atoms with E-state index in [1.807, 2.05) is 68.4 Å². The lowest BCUT2D eigenvalue weighted by molar-refractivity contribution is -0.123. The Morgan fingerprint density at radius 3 is 2.33 bits per heavy atom. The van der Waals surface area contributed by atoms with E-state index in [2.05, 4.69) is 21.9 Å². The van der Waals surface area contributed by atoms with Gasteiger partial charge in [0.25, 0.3) is 11.5 Å². The van der Waals surface area contributed by atoms with E-state index in [0.29, 0.717) is 39.3 Å². The summed E-state index contributed by atoms with van der Waals surface area (Å²) in [6.45, 7) is 6.77. The Hall–Kier alpha value is -4.15. The molecule has 4 aromatic rings. The third kappa shape index (κ3) is 5.28. The molecule has 2 aromatic carbocycles. The fourth-order valence-corrected chi connectivity index (χ4v) is 6.81. The van der Waals surface area contributed by atoms with Gasteiger partial charge in [-0.2, -0.15) is 0 Å².